The topological polar surface area (TPSA) is 68.8 Å². The van der Waals surface area contributed by atoms with E-state index in [-0.39, 0.29) is 0 Å². The summed E-state index contributed by atoms with van der Waals surface area (Å²) in [4.78, 5) is 0. The van der Waals surface area contributed by atoms with Crippen molar-refractivity contribution >= 4 is 0 Å². The highest BCUT2D eigenvalue weighted by Gasteiger charge is 2.09. The lowest BCUT2D eigenvalue weighted by Gasteiger charge is -2.00. The number of hydrogen-bond donors (Lipinski definition) is 1. The summed E-state index contributed by atoms with van der Waals surface area (Å²) in [6.07, 6.45) is 2.09. The van der Waals surface area contributed by atoms with E-state index in [1.54, 1.807) is 17.8 Å². The van der Waals surface area contributed by atoms with E-state index in [1.807, 2.05) is 11.7 Å². The second-order valence-corrected chi connectivity index (χ2v) is 4.12. The quantitative estimate of drug-likeness (QED) is 0.846. The average molecular weight is 235 g/mol. The molecule has 0 amide bonds. The molecule has 6 heteroatoms. The van der Waals surface area contributed by atoms with Crippen molar-refractivity contribution in [3.8, 4) is 0 Å². The van der Waals surface area contributed by atoms with Crippen LogP contribution in [0.1, 0.15) is 37.0 Å². The Kier molecular flexibility index (Phi) is 3.23. The molecule has 1 N–H and O–H groups in total. The Morgan fingerprint density at radius 3 is 2.76 bits per heavy atom. The predicted molar refractivity (Wildman–Crippen MR) is 62.3 cm³/mol. The highest BCUT2D eigenvalue weighted by molar-refractivity contribution is 5.10. The molecule has 0 fully saturated rings. The molecule has 17 heavy (non-hydrogen) atoms. The monoisotopic (exact) mass is 235 g/mol. The molecule has 2 aromatic heterocycles. The lowest BCUT2D eigenvalue weighted by atomic mass is 10.3. The summed E-state index contributed by atoms with van der Waals surface area (Å²) >= 11 is 0. The van der Waals surface area contributed by atoms with E-state index in [0.29, 0.717) is 12.2 Å². The molecule has 0 bridgehead atoms. The molecule has 0 aliphatic rings. The van der Waals surface area contributed by atoms with Gasteiger partial charge in [-0.3, -0.25) is 4.68 Å². The van der Waals surface area contributed by atoms with Gasteiger partial charge in [0.2, 0.25) is 0 Å². The zero-order chi connectivity index (χ0) is 12.4. The third-order valence-electron chi connectivity index (χ3n) is 2.70. The Balaban J connectivity index is 2.16. The van der Waals surface area contributed by atoms with Crippen LogP contribution in [-0.2, 0) is 20.0 Å². The zero-order valence-corrected chi connectivity index (χ0v) is 10.3. The van der Waals surface area contributed by atoms with Gasteiger partial charge in [-0.15, -0.1) is 5.10 Å². The Hall–Kier alpha value is -1.69. The maximum Gasteiger partial charge on any atom is 0.111 e. The number of aliphatic hydroxyl groups excluding tert-OH is 1. The largest absolute Gasteiger partial charge is 0.387 e. The molecule has 0 aliphatic carbocycles. The summed E-state index contributed by atoms with van der Waals surface area (Å²) in [6.45, 7) is 4.37. The minimum atomic E-state index is -0.582. The van der Waals surface area contributed by atoms with Crippen molar-refractivity contribution in [3.05, 3.63) is 29.3 Å². The van der Waals surface area contributed by atoms with E-state index < -0.39 is 6.10 Å². The third-order valence-corrected chi connectivity index (χ3v) is 2.70. The first-order valence-corrected chi connectivity index (χ1v) is 5.70. The van der Waals surface area contributed by atoms with E-state index in [2.05, 4.69) is 28.4 Å². The zero-order valence-electron chi connectivity index (χ0n) is 10.3. The van der Waals surface area contributed by atoms with Crippen molar-refractivity contribution in [2.75, 3.05) is 0 Å². The van der Waals surface area contributed by atoms with Gasteiger partial charge in [-0.25, -0.2) is 4.68 Å². The fourth-order valence-electron chi connectivity index (χ4n) is 1.64. The Morgan fingerprint density at radius 1 is 1.47 bits per heavy atom. The van der Waals surface area contributed by atoms with Gasteiger partial charge in [-0.05, 0) is 19.4 Å². The highest BCUT2D eigenvalue weighted by Crippen LogP contribution is 2.09. The van der Waals surface area contributed by atoms with Gasteiger partial charge in [0.05, 0.1) is 30.2 Å². The fourth-order valence-corrected chi connectivity index (χ4v) is 1.64. The normalized spacial score (nSPS) is 12.9. The molecule has 2 heterocycles. The Labute approximate surface area is 99.9 Å². The number of nitrogens with zero attached hydrogens (tertiary/aromatic N) is 5. The van der Waals surface area contributed by atoms with Crippen LogP contribution in [0.3, 0.4) is 0 Å². The molecule has 0 saturated carbocycles. The van der Waals surface area contributed by atoms with Crippen LogP contribution < -0.4 is 0 Å². The summed E-state index contributed by atoms with van der Waals surface area (Å²) < 4.78 is 3.56. The number of aryl methyl sites for hydroxylation is 2. The van der Waals surface area contributed by atoms with Gasteiger partial charge in [0.25, 0.3) is 0 Å². The van der Waals surface area contributed by atoms with Gasteiger partial charge in [0, 0.05) is 7.05 Å². The van der Waals surface area contributed by atoms with Gasteiger partial charge in [0.1, 0.15) is 5.69 Å². The van der Waals surface area contributed by atoms with Crippen molar-refractivity contribution < 1.29 is 5.11 Å². The first-order valence-electron chi connectivity index (χ1n) is 5.70. The van der Waals surface area contributed by atoms with E-state index in [4.69, 9.17) is 0 Å². The second kappa shape index (κ2) is 4.67. The van der Waals surface area contributed by atoms with Crippen molar-refractivity contribution in [1.82, 2.24) is 24.8 Å². The molecular weight excluding hydrogens is 218 g/mol. The van der Waals surface area contributed by atoms with E-state index in [9.17, 15) is 5.11 Å². The lowest BCUT2D eigenvalue weighted by Crippen LogP contribution is -2.06. The van der Waals surface area contributed by atoms with Crippen molar-refractivity contribution in [2.24, 2.45) is 7.05 Å². The summed E-state index contributed by atoms with van der Waals surface area (Å²) in [5.41, 5.74) is 2.73. The van der Waals surface area contributed by atoms with E-state index in [1.165, 1.54) is 0 Å². The molecule has 2 rings (SSSR count). The molecular formula is C11H17N5O. The first-order chi connectivity index (χ1) is 8.10. The minimum absolute atomic E-state index is 0.582. The Morgan fingerprint density at radius 2 is 2.24 bits per heavy atom. The average Bonchev–Trinajstić information content (AvgIpc) is 2.87. The van der Waals surface area contributed by atoms with Crippen LogP contribution in [0.2, 0.25) is 0 Å². The summed E-state index contributed by atoms with van der Waals surface area (Å²) in [7, 11) is 1.92. The highest BCUT2D eigenvalue weighted by atomic mass is 16.3. The van der Waals surface area contributed by atoms with Crippen LogP contribution in [0.25, 0.3) is 0 Å². The Bertz CT molecular complexity index is 500. The van der Waals surface area contributed by atoms with Gasteiger partial charge in [-0.1, -0.05) is 12.1 Å². The summed E-state index contributed by atoms with van der Waals surface area (Å²) in [5.74, 6) is 0. The van der Waals surface area contributed by atoms with Crippen LogP contribution in [0, 0.1) is 0 Å². The first kappa shape index (κ1) is 11.8. The molecule has 6 nitrogen and oxygen atoms in total. The SMILES string of the molecule is CCc1cc(Cn2cc(C(C)O)nn2)n(C)n1. The molecule has 92 valence electrons. The summed E-state index contributed by atoms with van der Waals surface area (Å²) in [5, 5.41) is 21.6. The summed E-state index contributed by atoms with van der Waals surface area (Å²) in [6, 6.07) is 2.06. The molecule has 0 aromatic carbocycles. The molecule has 0 spiro atoms. The molecule has 0 saturated heterocycles. The molecule has 2 aromatic rings. The number of aromatic nitrogens is 5. The molecule has 0 aliphatic heterocycles. The van der Waals surface area contributed by atoms with Gasteiger partial charge < -0.3 is 5.11 Å². The minimum Gasteiger partial charge on any atom is -0.387 e. The number of hydrogen-bond acceptors (Lipinski definition) is 4. The van der Waals surface area contributed by atoms with E-state index in [0.717, 1.165) is 17.8 Å². The standard InChI is InChI=1S/C11H17N5O/c1-4-9-5-10(15(3)13-9)6-16-7-11(8(2)17)12-14-16/h5,7-8,17H,4,6H2,1-3H3. The van der Waals surface area contributed by atoms with Crippen LogP contribution in [0.4, 0.5) is 0 Å². The van der Waals surface area contributed by atoms with Crippen LogP contribution in [0.15, 0.2) is 12.3 Å². The number of aliphatic hydroxyl groups is 1. The van der Waals surface area contributed by atoms with Crippen molar-refractivity contribution in [1.29, 1.82) is 0 Å². The molecule has 1 unspecified atom stereocenters. The van der Waals surface area contributed by atoms with Gasteiger partial charge in [0.15, 0.2) is 0 Å². The molecule has 1 atom stereocenters. The van der Waals surface area contributed by atoms with Crippen LogP contribution in [-0.4, -0.2) is 29.9 Å². The second-order valence-electron chi connectivity index (χ2n) is 4.12. The maximum atomic E-state index is 9.37. The van der Waals surface area contributed by atoms with Crippen molar-refractivity contribution in [2.45, 2.75) is 32.9 Å². The van der Waals surface area contributed by atoms with Gasteiger partial charge in [-0.2, -0.15) is 5.10 Å². The molecule has 0 radical (unpaired) electrons. The lowest BCUT2D eigenvalue weighted by molar-refractivity contribution is 0.194. The maximum absolute atomic E-state index is 9.37. The van der Waals surface area contributed by atoms with Crippen LogP contribution >= 0.6 is 0 Å². The smallest absolute Gasteiger partial charge is 0.111 e. The van der Waals surface area contributed by atoms with Crippen molar-refractivity contribution in [3.63, 3.8) is 0 Å². The number of rotatable bonds is 4. The predicted octanol–water partition coefficient (Wildman–Crippen LogP) is 0.676. The van der Waals surface area contributed by atoms with Gasteiger partial charge >= 0.3 is 0 Å². The van der Waals surface area contributed by atoms with Crippen LogP contribution in [0.5, 0.6) is 0 Å². The van der Waals surface area contributed by atoms with E-state index >= 15 is 0 Å². The third kappa shape index (κ3) is 2.52. The fraction of sp³-hybridized carbons (Fsp3) is 0.545.